The molecule has 2 aromatic rings. The van der Waals surface area contributed by atoms with Crippen molar-refractivity contribution in [3.05, 3.63) is 18.2 Å². The molecule has 80 valence electrons. The molecule has 1 aromatic carbocycles. The maximum atomic E-state index is 11.6. The van der Waals surface area contributed by atoms with Crippen molar-refractivity contribution in [3.8, 4) is 0 Å². The van der Waals surface area contributed by atoms with E-state index in [1.54, 1.807) is 0 Å². The number of nitrogens with one attached hydrogen (secondary N) is 2. The van der Waals surface area contributed by atoms with Crippen LogP contribution >= 0.6 is 0 Å². The van der Waals surface area contributed by atoms with Crippen LogP contribution in [0.1, 0.15) is 12.8 Å². The van der Waals surface area contributed by atoms with Crippen molar-refractivity contribution in [2.45, 2.75) is 12.8 Å². The fourth-order valence-corrected chi connectivity index (χ4v) is 1.79. The summed E-state index contributed by atoms with van der Waals surface area (Å²) >= 11 is 0. The molecular weight excluding hydrogens is 201 g/mol. The Hall–Kier alpha value is -1.78. The molecule has 4 nitrogen and oxygen atoms in total. The third kappa shape index (κ3) is 1.58. The first-order valence-corrected chi connectivity index (χ1v) is 5.49. The van der Waals surface area contributed by atoms with Crippen LogP contribution in [0, 0.1) is 5.92 Å². The fraction of sp³-hybridized carbons (Fsp3) is 0.273. The highest BCUT2D eigenvalue weighted by Crippen LogP contribution is 2.30. The number of H-pyrrole nitrogens is 1. The smallest absolute Gasteiger partial charge is 0.228 e. The quantitative estimate of drug-likeness (QED) is 0.698. The number of carbonyl (C=O) groups is 1. The van der Waals surface area contributed by atoms with Crippen LogP contribution in [-0.2, 0) is 4.79 Å². The molecule has 0 saturated heterocycles. The van der Waals surface area contributed by atoms with Gasteiger partial charge < -0.3 is 5.32 Å². The number of nitrogens with zero attached hydrogens (tertiary/aromatic N) is 1. The van der Waals surface area contributed by atoms with E-state index < -0.39 is 0 Å². The van der Waals surface area contributed by atoms with Crippen molar-refractivity contribution >= 4 is 35.9 Å². The van der Waals surface area contributed by atoms with Crippen LogP contribution in [0.15, 0.2) is 18.2 Å². The van der Waals surface area contributed by atoms with Crippen LogP contribution in [0.25, 0.3) is 10.9 Å². The molecule has 1 heterocycles. The van der Waals surface area contributed by atoms with Crippen molar-refractivity contribution in [1.29, 1.82) is 0 Å². The summed E-state index contributed by atoms with van der Waals surface area (Å²) in [6.07, 6.45) is 2.01. The van der Waals surface area contributed by atoms with Crippen LogP contribution in [0.2, 0.25) is 0 Å². The molecule has 2 N–H and O–H groups in total. The lowest BCUT2D eigenvalue weighted by atomic mass is 9.95. The summed E-state index contributed by atoms with van der Waals surface area (Å²) in [6, 6.07) is 6.02. The molecule has 3 rings (SSSR count). The van der Waals surface area contributed by atoms with E-state index in [1.807, 2.05) is 26.0 Å². The standard InChI is InChI=1S/C11H12BN3O/c12-7-3-4-8-9(5-7)14-15-10(8)13-11(16)6-1-2-6/h3-6H,1-2,12H2,(H2,13,14,15,16). The molecule has 0 atom stereocenters. The van der Waals surface area contributed by atoms with Gasteiger partial charge in [-0.3, -0.25) is 9.89 Å². The van der Waals surface area contributed by atoms with E-state index in [4.69, 9.17) is 0 Å². The largest absolute Gasteiger partial charge is 0.308 e. The second-order valence-electron chi connectivity index (χ2n) is 4.38. The maximum absolute atomic E-state index is 11.6. The summed E-state index contributed by atoms with van der Waals surface area (Å²) in [5, 5.41) is 10.9. The van der Waals surface area contributed by atoms with Crippen molar-refractivity contribution in [2.24, 2.45) is 5.92 Å². The molecule has 0 bridgehead atoms. The van der Waals surface area contributed by atoms with Gasteiger partial charge in [0.1, 0.15) is 7.85 Å². The molecule has 0 aliphatic heterocycles. The average molecular weight is 213 g/mol. The van der Waals surface area contributed by atoms with E-state index >= 15 is 0 Å². The number of hydrogen-bond donors (Lipinski definition) is 2. The van der Waals surface area contributed by atoms with Gasteiger partial charge in [0.05, 0.1) is 5.52 Å². The van der Waals surface area contributed by atoms with Crippen molar-refractivity contribution in [3.63, 3.8) is 0 Å². The molecule has 1 amide bonds. The first-order chi connectivity index (χ1) is 7.74. The second-order valence-corrected chi connectivity index (χ2v) is 4.38. The highest BCUT2D eigenvalue weighted by Gasteiger charge is 2.30. The molecule has 0 spiro atoms. The van der Waals surface area contributed by atoms with E-state index in [-0.39, 0.29) is 11.8 Å². The monoisotopic (exact) mass is 213 g/mol. The number of rotatable bonds is 2. The van der Waals surface area contributed by atoms with Crippen LogP contribution < -0.4 is 10.8 Å². The maximum Gasteiger partial charge on any atom is 0.228 e. The second kappa shape index (κ2) is 3.37. The van der Waals surface area contributed by atoms with Gasteiger partial charge in [-0.15, -0.1) is 0 Å². The zero-order valence-electron chi connectivity index (χ0n) is 9.08. The van der Waals surface area contributed by atoms with Gasteiger partial charge in [0.25, 0.3) is 0 Å². The third-order valence-corrected chi connectivity index (χ3v) is 2.91. The van der Waals surface area contributed by atoms with Gasteiger partial charge in [0.2, 0.25) is 5.91 Å². The summed E-state index contributed by atoms with van der Waals surface area (Å²) < 4.78 is 0. The van der Waals surface area contributed by atoms with E-state index in [0.29, 0.717) is 5.82 Å². The van der Waals surface area contributed by atoms with E-state index in [2.05, 4.69) is 15.5 Å². The summed E-state index contributed by atoms with van der Waals surface area (Å²) in [4.78, 5) is 11.6. The van der Waals surface area contributed by atoms with Crippen LogP contribution in [0.4, 0.5) is 5.82 Å². The van der Waals surface area contributed by atoms with Gasteiger partial charge in [0.15, 0.2) is 5.82 Å². The lowest BCUT2D eigenvalue weighted by Crippen LogP contribution is -2.13. The molecular formula is C11H12BN3O. The number of carbonyl (C=O) groups excluding carboxylic acids is 1. The van der Waals surface area contributed by atoms with Crippen molar-refractivity contribution in [1.82, 2.24) is 10.2 Å². The van der Waals surface area contributed by atoms with Crippen LogP contribution in [-0.4, -0.2) is 24.0 Å². The molecule has 1 saturated carbocycles. The topological polar surface area (TPSA) is 57.8 Å². The zero-order chi connectivity index (χ0) is 11.1. The van der Waals surface area contributed by atoms with E-state index in [9.17, 15) is 4.79 Å². The molecule has 1 aliphatic rings. The van der Waals surface area contributed by atoms with E-state index in [0.717, 1.165) is 23.7 Å². The minimum absolute atomic E-state index is 0.0916. The predicted molar refractivity (Wildman–Crippen MR) is 65.6 cm³/mol. The lowest BCUT2D eigenvalue weighted by molar-refractivity contribution is -0.117. The molecule has 16 heavy (non-hydrogen) atoms. The molecule has 1 aliphatic carbocycles. The van der Waals surface area contributed by atoms with Gasteiger partial charge >= 0.3 is 0 Å². The normalized spacial score (nSPS) is 15.2. The molecule has 1 fully saturated rings. The van der Waals surface area contributed by atoms with Gasteiger partial charge in [-0.2, -0.15) is 5.10 Å². The Morgan fingerprint density at radius 2 is 2.31 bits per heavy atom. The van der Waals surface area contributed by atoms with Crippen LogP contribution in [0.5, 0.6) is 0 Å². The Kier molecular flexibility index (Phi) is 1.99. The Morgan fingerprint density at radius 1 is 1.50 bits per heavy atom. The first-order valence-electron chi connectivity index (χ1n) is 5.49. The number of benzene rings is 1. The minimum atomic E-state index is 0.0916. The Labute approximate surface area is 93.8 Å². The Balaban J connectivity index is 1.94. The number of amides is 1. The molecule has 1 aromatic heterocycles. The number of aromatic nitrogens is 2. The lowest BCUT2D eigenvalue weighted by Gasteiger charge is -2.00. The first kappa shape index (κ1) is 9.45. The van der Waals surface area contributed by atoms with E-state index in [1.165, 1.54) is 5.46 Å². The number of hydrogen-bond acceptors (Lipinski definition) is 2. The van der Waals surface area contributed by atoms with Crippen molar-refractivity contribution in [2.75, 3.05) is 5.32 Å². The Morgan fingerprint density at radius 3 is 3.06 bits per heavy atom. The number of anilines is 1. The van der Waals surface area contributed by atoms with Crippen LogP contribution in [0.3, 0.4) is 0 Å². The number of aromatic amines is 1. The summed E-state index contributed by atoms with van der Waals surface area (Å²) in [7, 11) is 2.03. The van der Waals surface area contributed by atoms with Gasteiger partial charge in [-0.25, -0.2) is 0 Å². The van der Waals surface area contributed by atoms with Gasteiger partial charge in [0, 0.05) is 11.3 Å². The summed E-state index contributed by atoms with van der Waals surface area (Å²) in [5.41, 5.74) is 2.14. The molecule has 0 unspecified atom stereocenters. The highest BCUT2D eigenvalue weighted by atomic mass is 16.2. The summed E-state index contributed by atoms with van der Waals surface area (Å²) in [5.74, 6) is 0.943. The fourth-order valence-electron chi connectivity index (χ4n) is 1.79. The van der Waals surface area contributed by atoms with Gasteiger partial charge in [-0.1, -0.05) is 11.5 Å². The SMILES string of the molecule is Bc1ccc2c(NC(=O)C3CC3)n[nH]c2c1. The van der Waals surface area contributed by atoms with Gasteiger partial charge in [-0.05, 0) is 25.0 Å². The third-order valence-electron chi connectivity index (χ3n) is 2.91. The molecule has 0 radical (unpaired) electrons. The highest BCUT2D eigenvalue weighted by molar-refractivity contribution is 6.33. The number of fused-ring (bicyclic) bond motifs is 1. The van der Waals surface area contributed by atoms with Crippen molar-refractivity contribution < 1.29 is 4.79 Å². The average Bonchev–Trinajstić information content (AvgIpc) is 3.03. The molecule has 5 heteroatoms. The Bertz CT molecular complexity index is 559. The minimum Gasteiger partial charge on any atom is -0.308 e. The summed E-state index contributed by atoms with van der Waals surface area (Å²) in [6.45, 7) is 0. The zero-order valence-corrected chi connectivity index (χ0v) is 9.08. The predicted octanol–water partition coefficient (Wildman–Crippen LogP) is 0.170.